The number of rotatable bonds is 9. The zero-order chi connectivity index (χ0) is 23.3. The van der Waals surface area contributed by atoms with Crippen LogP contribution in [-0.2, 0) is 11.3 Å². The van der Waals surface area contributed by atoms with E-state index in [4.69, 9.17) is 0 Å². The summed E-state index contributed by atoms with van der Waals surface area (Å²) in [5.41, 5.74) is 0.592. The highest BCUT2D eigenvalue weighted by atomic mass is 32.2. The van der Waals surface area contributed by atoms with Gasteiger partial charge in [-0.05, 0) is 31.4 Å². The van der Waals surface area contributed by atoms with Crippen molar-refractivity contribution in [3.63, 3.8) is 0 Å². The number of fused-ring (bicyclic) bond motifs is 3. The van der Waals surface area contributed by atoms with E-state index in [1.165, 1.54) is 11.8 Å². The first-order valence-electron chi connectivity index (χ1n) is 11.0. The molecule has 3 amide bonds. The standard InChI is InChI=1S/C22H30N6O3S/c1-5-6-9-12-27-19(30)16-10-7-8-11-17(16)28-21(27)25-26-22(28)32-15(4)18(29)24-20(31)23-13-14(2)3/h7-8,10-11,14-15H,5-6,9,12-13H2,1-4H3,(H2,23,24,29,31). The minimum absolute atomic E-state index is 0.0965. The number of thioether (sulfide) groups is 1. The molecule has 9 nitrogen and oxygen atoms in total. The molecular formula is C22H30N6O3S. The molecule has 0 bridgehead atoms. The molecule has 0 spiro atoms. The first-order chi connectivity index (χ1) is 15.3. The van der Waals surface area contributed by atoms with Crippen molar-refractivity contribution in [1.82, 2.24) is 29.8 Å². The molecule has 2 aromatic heterocycles. The Balaban J connectivity index is 1.90. The van der Waals surface area contributed by atoms with Crippen molar-refractivity contribution in [3.8, 4) is 0 Å². The molecule has 0 radical (unpaired) electrons. The SMILES string of the molecule is CCCCCn1c(=O)c2ccccc2n2c(SC(C)C(=O)NC(=O)NCC(C)C)nnc12. The summed E-state index contributed by atoms with van der Waals surface area (Å²) in [5, 5.41) is 14.1. The number of benzene rings is 1. The van der Waals surface area contributed by atoms with Crippen LogP contribution >= 0.6 is 11.8 Å². The van der Waals surface area contributed by atoms with Crippen LogP contribution in [0.3, 0.4) is 0 Å². The van der Waals surface area contributed by atoms with Crippen molar-refractivity contribution >= 4 is 40.4 Å². The molecule has 2 heterocycles. The summed E-state index contributed by atoms with van der Waals surface area (Å²) in [6.45, 7) is 8.80. The normalized spacial score (nSPS) is 12.4. The number of imide groups is 1. The van der Waals surface area contributed by atoms with Crippen LogP contribution < -0.4 is 16.2 Å². The highest BCUT2D eigenvalue weighted by Crippen LogP contribution is 2.25. The molecule has 2 N–H and O–H groups in total. The fraction of sp³-hybridized carbons (Fsp3) is 0.500. The second kappa shape index (κ2) is 10.6. The van der Waals surface area contributed by atoms with Gasteiger partial charge in [0.25, 0.3) is 5.56 Å². The number of unbranched alkanes of at least 4 members (excludes halogenated alkanes) is 2. The minimum Gasteiger partial charge on any atom is -0.338 e. The number of para-hydroxylation sites is 1. The summed E-state index contributed by atoms with van der Waals surface area (Å²) in [6, 6.07) is 6.80. The van der Waals surface area contributed by atoms with Crippen molar-refractivity contribution in [2.45, 2.75) is 63.9 Å². The van der Waals surface area contributed by atoms with E-state index >= 15 is 0 Å². The fourth-order valence-corrected chi connectivity index (χ4v) is 4.15. The van der Waals surface area contributed by atoms with Crippen LogP contribution in [-0.4, -0.2) is 42.9 Å². The van der Waals surface area contributed by atoms with Crippen molar-refractivity contribution in [1.29, 1.82) is 0 Å². The monoisotopic (exact) mass is 458 g/mol. The van der Waals surface area contributed by atoms with Gasteiger partial charge in [0.1, 0.15) is 0 Å². The lowest BCUT2D eigenvalue weighted by Crippen LogP contribution is -2.43. The van der Waals surface area contributed by atoms with Gasteiger partial charge in [0.15, 0.2) is 5.16 Å². The molecule has 10 heteroatoms. The van der Waals surface area contributed by atoms with Gasteiger partial charge >= 0.3 is 6.03 Å². The van der Waals surface area contributed by atoms with Gasteiger partial charge in [0, 0.05) is 13.1 Å². The van der Waals surface area contributed by atoms with Gasteiger partial charge in [-0.2, -0.15) is 0 Å². The molecule has 1 aromatic carbocycles. The first kappa shape index (κ1) is 23.8. The number of urea groups is 1. The number of nitrogens with one attached hydrogen (secondary N) is 2. The van der Waals surface area contributed by atoms with Gasteiger partial charge in [-0.3, -0.25) is 23.9 Å². The molecule has 1 unspecified atom stereocenters. The van der Waals surface area contributed by atoms with E-state index in [9.17, 15) is 14.4 Å². The van der Waals surface area contributed by atoms with Crippen LogP contribution in [0.15, 0.2) is 34.2 Å². The average Bonchev–Trinajstić information content (AvgIpc) is 3.18. The average molecular weight is 459 g/mol. The van der Waals surface area contributed by atoms with E-state index in [-0.39, 0.29) is 11.5 Å². The first-order valence-corrected chi connectivity index (χ1v) is 11.8. The second-order valence-corrected chi connectivity index (χ2v) is 9.46. The van der Waals surface area contributed by atoms with E-state index in [0.29, 0.717) is 34.9 Å². The predicted molar refractivity (Wildman–Crippen MR) is 126 cm³/mol. The maximum Gasteiger partial charge on any atom is 0.321 e. The third kappa shape index (κ3) is 5.29. The Morgan fingerprint density at radius 3 is 2.59 bits per heavy atom. The number of aromatic nitrogens is 4. The number of carbonyl (C=O) groups is 2. The van der Waals surface area contributed by atoms with Crippen LogP contribution in [0.2, 0.25) is 0 Å². The summed E-state index contributed by atoms with van der Waals surface area (Å²) in [5.74, 6) is 0.316. The fourth-order valence-electron chi connectivity index (χ4n) is 3.30. The summed E-state index contributed by atoms with van der Waals surface area (Å²) in [7, 11) is 0. The Morgan fingerprint density at radius 2 is 1.88 bits per heavy atom. The van der Waals surface area contributed by atoms with E-state index in [1.807, 2.05) is 36.4 Å². The third-order valence-electron chi connectivity index (χ3n) is 5.02. The number of amides is 3. The Labute approximate surface area is 191 Å². The number of nitrogens with zero attached hydrogens (tertiary/aromatic N) is 4. The number of aryl methyl sites for hydroxylation is 1. The molecule has 32 heavy (non-hydrogen) atoms. The number of carbonyl (C=O) groups excluding carboxylic acids is 2. The summed E-state index contributed by atoms with van der Waals surface area (Å²) >= 11 is 1.19. The van der Waals surface area contributed by atoms with Crippen molar-refractivity contribution in [3.05, 3.63) is 34.6 Å². The Morgan fingerprint density at radius 1 is 1.12 bits per heavy atom. The van der Waals surface area contributed by atoms with E-state index in [2.05, 4.69) is 27.8 Å². The minimum atomic E-state index is -0.591. The molecule has 0 saturated heterocycles. The molecular weight excluding hydrogens is 428 g/mol. The molecule has 0 aliphatic rings. The van der Waals surface area contributed by atoms with Gasteiger partial charge in [-0.1, -0.05) is 57.5 Å². The third-order valence-corrected chi connectivity index (χ3v) is 6.07. The Hall–Kier alpha value is -2.88. The van der Waals surface area contributed by atoms with Crippen molar-refractivity contribution in [2.75, 3.05) is 6.54 Å². The van der Waals surface area contributed by atoms with Crippen molar-refractivity contribution < 1.29 is 9.59 Å². The van der Waals surface area contributed by atoms with Crippen LogP contribution in [0.25, 0.3) is 16.7 Å². The molecule has 3 rings (SSSR count). The zero-order valence-corrected chi connectivity index (χ0v) is 19.7. The van der Waals surface area contributed by atoms with Crippen LogP contribution in [0.5, 0.6) is 0 Å². The summed E-state index contributed by atoms with van der Waals surface area (Å²) in [6.07, 6.45) is 2.92. The zero-order valence-electron chi connectivity index (χ0n) is 18.9. The molecule has 0 aliphatic carbocycles. The largest absolute Gasteiger partial charge is 0.338 e. The molecule has 0 aliphatic heterocycles. The van der Waals surface area contributed by atoms with E-state index < -0.39 is 17.2 Å². The molecule has 3 aromatic rings. The van der Waals surface area contributed by atoms with Gasteiger partial charge in [-0.15, -0.1) is 10.2 Å². The molecule has 0 fully saturated rings. The Kier molecular flexibility index (Phi) is 7.89. The lowest BCUT2D eigenvalue weighted by atomic mass is 10.2. The maximum absolute atomic E-state index is 13.1. The summed E-state index contributed by atoms with van der Waals surface area (Å²) in [4.78, 5) is 37.5. The molecule has 0 saturated carbocycles. The topological polar surface area (TPSA) is 110 Å². The van der Waals surface area contributed by atoms with Crippen LogP contribution in [0.4, 0.5) is 4.79 Å². The van der Waals surface area contributed by atoms with Crippen LogP contribution in [0, 0.1) is 5.92 Å². The van der Waals surface area contributed by atoms with E-state index in [1.54, 1.807) is 17.6 Å². The highest BCUT2D eigenvalue weighted by Gasteiger charge is 2.22. The molecule has 1 atom stereocenters. The summed E-state index contributed by atoms with van der Waals surface area (Å²) < 4.78 is 3.47. The van der Waals surface area contributed by atoms with Gasteiger partial charge in [0.05, 0.1) is 16.2 Å². The molecule has 172 valence electrons. The van der Waals surface area contributed by atoms with Gasteiger partial charge in [-0.25, -0.2) is 4.79 Å². The maximum atomic E-state index is 13.1. The lowest BCUT2D eigenvalue weighted by molar-refractivity contribution is -0.119. The second-order valence-electron chi connectivity index (χ2n) is 8.15. The smallest absolute Gasteiger partial charge is 0.321 e. The highest BCUT2D eigenvalue weighted by molar-refractivity contribution is 8.00. The quantitative estimate of drug-likeness (QED) is 0.376. The lowest BCUT2D eigenvalue weighted by Gasteiger charge is -2.13. The van der Waals surface area contributed by atoms with Gasteiger partial charge in [0.2, 0.25) is 11.7 Å². The van der Waals surface area contributed by atoms with Crippen molar-refractivity contribution in [2.24, 2.45) is 5.92 Å². The predicted octanol–water partition coefficient (Wildman–Crippen LogP) is 3.20. The van der Waals surface area contributed by atoms with Gasteiger partial charge < -0.3 is 5.32 Å². The number of hydrogen-bond donors (Lipinski definition) is 2. The number of hydrogen-bond acceptors (Lipinski definition) is 6. The van der Waals surface area contributed by atoms with E-state index in [0.717, 1.165) is 19.3 Å². The Bertz CT molecular complexity index is 1170. The van der Waals surface area contributed by atoms with Crippen LogP contribution in [0.1, 0.15) is 47.0 Å².